The summed E-state index contributed by atoms with van der Waals surface area (Å²) in [6.07, 6.45) is 3.81. The van der Waals surface area contributed by atoms with E-state index in [0.717, 1.165) is 32.4 Å². The predicted molar refractivity (Wildman–Crippen MR) is 57.7 cm³/mol. The molecule has 1 heterocycles. The molecule has 0 aromatic heterocycles. The largest absolute Gasteiger partial charge is 0.463 e. The number of carbonyl (C=O) groups is 1. The number of carbonyl (C=O) groups excluding carboxylic acids is 1. The summed E-state index contributed by atoms with van der Waals surface area (Å²) in [7, 11) is 0. The maximum atomic E-state index is 11.0. The van der Waals surface area contributed by atoms with E-state index in [1.54, 1.807) is 0 Å². The summed E-state index contributed by atoms with van der Waals surface area (Å²) in [4.78, 5) is 11.0. The molecule has 1 aliphatic heterocycles. The third-order valence-corrected chi connectivity index (χ3v) is 2.44. The molecule has 0 aliphatic carbocycles. The molecular weight excluding hydrogens is 194 g/mol. The van der Waals surface area contributed by atoms with Crippen molar-refractivity contribution in [3.05, 3.63) is 0 Å². The molecule has 4 heteroatoms. The Hall–Kier alpha value is -0.610. The van der Waals surface area contributed by atoms with Gasteiger partial charge in [0.1, 0.15) is 6.61 Å². The van der Waals surface area contributed by atoms with Gasteiger partial charge in [-0.1, -0.05) is 6.92 Å². The summed E-state index contributed by atoms with van der Waals surface area (Å²) >= 11 is 0. The van der Waals surface area contributed by atoms with E-state index in [1.807, 2.05) is 6.92 Å². The van der Waals surface area contributed by atoms with Crippen molar-refractivity contribution in [2.75, 3.05) is 26.3 Å². The number of hydrogen-bond acceptors (Lipinski definition) is 4. The van der Waals surface area contributed by atoms with Crippen LogP contribution in [-0.2, 0) is 14.3 Å². The summed E-state index contributed by atoms with van der Waals surface area (Å²) in [6.45, 7) is 4.94. The second-order valence-electron chi connectivity index (χ2n) is 3.79. The topological polar surface area (TPSA) is 47.6 Å². The van der Waals surface area contributed by atoms with Crippen LogP contribution in [0.4, 0.5) is 0 Å². The van der Waals surface area contributed by atoms with Crippen LogP contribution in [0.1, 0.15) is 32.6 Å². The Balaban J connectivity index is 1.93. The molecule has 1 saturated heterocycles. The molecule has 0 bridgehead atoms. The van der Waals surface area contributed by atoms with Gasteiger partial charge in [-0.2, -0.15) is 0 Å². The lowest BCUT2D eigenvalue weighted by atomic mass is 10.1. The molecule has 0 unspecified atom stereocenters. The SMILES string of the molecule is CCCC(=O)OCCOC1CCNCC1. The highest BCUT2D eigenvalue weighted by Crippen LogP contribution is 2.06. The molecule has 0 saturated carbocycles. The molecule has 88 valence electrons. The van der Waals surface area contributed by atoms with E-state index in [9.17, 15) is 4.79 Å². The Morgan fingerprint density at radius 3 is 2.73 bits per heavy atom. The van der Waals surface area contributed by atoms with Gasteiger partial charge >= 0.3 is 5.97 Å². The maximum absolute atomic E-state index is 11.0. The fourth-order valence-corrected chi connectivity index (χ4v) is 1.61. The van der Waals surface area contributed by atoms with Crippen molar-refractivity contribution in [1.29, 1.82) is 0 Å². The number of esters is 1. The van der Waals surface area contributed by atoms with Gasteiger partial charge in [-0.15, -0.1) is 0 Å². The maximum Gasteiger partial charge on any atom is 0.305 e. The minimum absolute atomic E-state index is 0.119. The van der Waals surface area contributed by atoms with E-state index in [1.165, 1.54) is 0 Å². The number of ether oxygens (including phenoxy) is 2. The zero-order chi connectivity index (χ0) is 10.9. The van der Waals surface area contributed by atoms with E-state index < -0.39 is 0 Å². The third kappa shape index (κ3) is 5.74. The van der Waals surface area contributed by atoms with Gasteiger partial charge in [0.15, 0.2) is 0 Å². The van der Waals surface area contributed by atoms with Crippen LogP contribution in [0.2, 0.25) is 0 Å². The van der Waals surface area contributed by atoms with Crippen molar-refractivity contribution in [2.24, 2.45) is 0 Å². The number of rotatable bonds is 6. The molecule has 0 aromatic rings. The summed E-state index contributed by atoms with van der Waals surface area (Å²) in [5.41, 5.74) is 0. The minimum Gasteiger partial charge on any atom is -0.463 e. The molecule has 1 N–H and O–H groups in total. The molecular formula is C11H21NO3. The fraction of sp³-hybridized carbons (Fsp3) is 0.909. The van der Waals surface area contributed by atoms with E-state index in [-0.39, 0.29) is 5.97 Å². The van der Waals surface area contributed by atoms with Crippen LogP contribution in [0, 0.1) is 0 Å². The molecule has 15 heavy (non-hydrogen) atoms. The van der Waals surface area contributed by atoms with Crippen LogP contribution >= 0.6 is 0 Å². The van der Waals surface area contributed by atoms with E-state index in [0.29, 0.717) is 25.7 Å². The fourth-order valence-electron chi connectivity index (χ4n) is 1.61. The van der Waals surface area contributed by atoms with Crippen molar-refractivity contribution >= 4 is 5.97 Å². The Labute approximate surface area is 91.3 Å². The summed E-state index contributed by atoms with van der Waals surface area (Å²) in [6, 6.07) is 0. The number of piperidine rings is 1. The number of nitrogens with one attached hydrogen (secondary N) is 1. The van der Waals surface area contributed by atoms with Crippen LogP contribution in [-0.4, -0.2) is 38.4 Å². The van der Waals surface area contributed by atoms with Crippen molar-refractivity contribution in [3.63, 3.8) is 0 Å². The van der Waals surface area contributed by atoms with Crippen molar-refractivity contribution in [3.8, 4) is 0 Å². The van der Waals surface area contributed by atoms with Crippen molar-refractivity contribution < 1.29 is 14.3 Å². The quantitative estimate of drug-likeness (QED) is 0.532. The molecule has 0 radical (unpaired) electrons. The van der Waals surface area contributed by atoms with Gasteiger partial charge < -0.3 is 14.8 Å². The average Bonchev–Trinajstić information content (AvgIpc) is 2.26. The summed E-state index contributed by atoms with van der Waals surface area (Å²) < 4.78 is 10.6. The molecule has 1 rings (SSSR count). The Kier molecular flexibility index (Phi) is 6.36. The Morgan fingerprint density at radius 1 is 1.33 bits per heavy atom. The van der Waals surface area contributed by atoms with E-state index in [4.69, 9.17) is 9.47 Å². The summed E-state index contributed by atoms with van der Waals surface area (Å²) in [5.74, 6) is -0.119. The first-order chi connectivity index (χ1) is 7.33. The van der Waals surface area contributed by atoms with Gasteiger partial charge in [-0.3, -0.25) is 4.79 Å². The predicted octanol–water partition coefficient (Wildman–Crippen LogP) is 1.10. The Bertz CT molecular complexity index is 179. The third-order valence-electron chi connectivity index (χ3n) is 2.44. The normalized spacial score (nSPS) is 17.7. The standard InChI is InChI=1S/C11H21NO3/c1-2-3-11(13)15-9-8-14-10-4-6-12-7-5-10/h10,12H,2-9H2,1H3. The van der Waals surface area contributed by atoms with Gasteiger partial charge in [0.25, 0.3) is 0 Å². The van der Waals surface area contributed by atoms with Crippen LogP contribution in [0.3, 0.4) is 0 Å². The first-order valence-electron chi connectivity index (χ1n) is 5.81. The highest BCUT2D eigenvalue weighted by molar-refractivity contribution is 5.69. The average molecular weight is 215 g/mol. The van der Waals surface area contributed by atoms with Gasteiger partial charge in [0, 0.05) is 6.42 Å². The smallest absolute Gasteiger partial charge is 0.305 e. The first-order valence-corrected chi connectivity index (χ1v) is 5.81. The highest BCUT2D eigenvalue weighted by Gasteiger charge is 2.12. The van der Waals surface area contributed by atoms with Crippen LogP contribution in [0.15, 0.2) is 0 Å². The zero-order valence-electron chi connectivity index (χ0n) is 9.46. The zero-order valence-corrected chi connectivity index (χ0v) is 9.46. The Morgan fingerprint density at radius 2 is 2.07 bits per heavy atom. The number of hydrogen-bond donors (Lipinski definition) is 1. The molecule has 4 nitrogen and oxygen atoms in total. The minimum atomic E-state index is -0.119. The van der Waals surface area contributed by atoms with Crippen LogP contribution < -0.4 is 5.32 Å². The lowest BCUT2D eigenvalue weighted by Crippen LogP contribution is -2.33. The second-order valence-corrected chi connectivity index (χ2v) is 3.79. The van der Waals surface area contributed by atoms with Gasteiger partial charge in [0.05, 0.1) is 12.7 Å². The highest BCUT2D eigenvalue weighted by atomic mass is 16.6. The second kappa shape index (κ2) is 7.65. The van der Waals surface area contributed by atoms with Crippen molar-refractivity contribution in [1.82, 2.24) is 5.32 Å². The monoisotopic (exact) mass is 215 g/mol. The molecule has 0 atom stereocenters. The molecule has 1 aliphatic rings. The van der Waals surface area contributed by atoms with E-state index >= 15 is 0 Å². The van der Waals surface area contributed by atoms with Crippen LogP contribution in [0.5, 0.6) is 0 Å². The molecule has 0 aromatic carbocycles. The lowest BCUT2D eigenvalue weighted by Gasteiger charge is -2.22. The van der Waals surface area contributed by atoms with Crippen molar-refractivity contribution in [2.45, 2.75) is 38.7 Å². The summed E-state index contributed by atoms with van der Waals surface area (Å²) in [5, 5.41) is 3.27. The molecule has 0 spiro atoms. The van der Waals surface area contributed by atoms with Gasteiger partial charge in [0.2, 0.25) is 0 Å². The van der Waals surface area contributed by atoms with Gasteiger partial charge in [-0.05, 0) is 32.4 Å². The molecule has 1 fully saturated rings. The van der Waals surface area contributed by atoms with Gasteiger partial charge in [-0.25, -0.2) is 0 Å². The lowest BCUT2D eigenvalue weighted by molar-refractivity contribution is -0.146. The van der Waals surface area contributed by atoms with E-state index in [2.05, 4.69) is 5.32 Å². The first kappa shape index (κ1) is 12.5. The molecule has 0 amide bonds. The van der Waals surface area contributed by atoms with Crippen LogP contribution in [0.25, 0.3) is 0 Å².